The largest absolute Gasteiger partial charge is 0.480 e. The number of rotatable bonds is 8. The number of halogens is 2. The molecule has 1 amide bonds. The number of nitrogens with two attached hydrogens (primary N) is 1. The van der Waals surface area contributed by atoms with Gasteiger partial charge in [-0.1, -0.05) is 6.07 Å². The first-order valence-electron chi connectivity index (χ1n) is 6.56. The van der Waals surface area contributed by atoms with Gasteiger partial charge in [-0.2, -0.15) is 11.8 Å². The van der Waals surface area contributed by atoms with E-state index in [-0.39, 0.29) is 12.0 Å². The molecule has 0 aliphatic heterocycles. The molecule has 2 unspecified atom stereocenters. The van der Waals surface area contributed by atoms with Gasteiger partial charge in [0.2, 0.25) is 5.91 Å². The first-order chi connectivity index (χ1) is 10.3. The zero-order valence-corrected chi connectivity index (χ0v) is 12.8. The van der Waals surface area contributed by atoms with Crippen molar-refractivity contribution in [3.05, 3.63) is 35.4 Å². The van der Waals surface area contributed by atoms with E-state index in [0.717, 1.165) is 12.1 Å². The minimum Gasteiger partial charge on any atom is -0.480 e. The Labute approximate surface area is 131 Å². The number of carbonyl (C=O) groups excluding carboxylic acids is 1. The summed E-state index contributed by atoms with van der Waals surface area (Å²) in [5.41, 5.74) is 5.93. The number of hydrogen-bond acceptors (Lipinski definition) is 4. The number of carbonyl (C=O) groups is 2. The summed E-state index contributed by atoms with van der Waals surface area (Å²) in [4.78, 5) is 23.0. The van der Waals surface area contributed by atoms with Crippen LogP contribution >= 0.6 is 11.8 Å². The average Bonchev–Trinajstić information content (AvgIpc) is 2.47. The van der Waals surface area contributed by atoms with E-state index < -0.39 is 35.6 Å². The molecule has 4 N–H and O–H groups in total. The Morgan fingerprint density at radius 1 is 1.36 bits per heavy atom. The van der Waals surface area contributed by atoms with Crippen molar-refractivity contribution in [2.24, 2.45) is 5.73 Å². The summed E-state index contributed by atoms with van der Waals surface area (Å²) in [6.07, 6.45) is 2.13. The lowest BCUT2D eigenvalue weighted by molar-refractivity contribution is -0.142. The summed E-state index contributed by atoms with van der Waals surface area (Å²) in [5.74, 6) is -3.25. The maximum atomic E-state index is 13.1. The molecule has 8 heteroatoms. The zero-order chi connectivity index (χ0) is 16.7. The average molecular weight is 332 g/mol. The Kier molecular flexibility index (Phi) is 7.26. The zero-order valence-electron chi connectivity index (χ0n) is 12.0. The summed E-state index contributed by atoms with van der Waals surface area (Å²) < 4.78 is 26.0. The number of benzene rings is 1. The Bertz CT molecular complexity index is 543. The molecule has 122 valence electrons. The van der Waals surface area contributed by atoms with Crippen LogP contribution in [-0.4, -0.2) is 41.1 Å². The molecule has 1 rings (SSSR count). The lowest BCUT2D eigenvalue weighted by atomic mass is 10.0. The van der Waals surface area contributed by atoms with Crippen LogP contribution in [0.5, 0.6) is 0 Å². The predicted molar refractivity (Wildman–Crippen MR) is 80.6 cm³/mol. The second-order valence-corrected chi connectivity index (χ2v) is 5.73. The highest BCUT2D eigenvalue weighted by Crippen LogP contribution is 2.11. The van der Waals surface area contributed by atoms with E-state index in [1.165, 1.54) is 17.8 Å². The van der Waals surface area contributed by atoms with Crippen LogP contribution in [-0.2, 0) is 16.0 Å². The van der Waals surface area contributed by atoms with Gasteiger partial charge in [-0.3, -0.25) is 4.79 Å². The van der Waals surface area contributed by atoms with Crippen molar-refractivity contribution in [3.8, 4) is 0 Å². The van der Waals surface area contributed by atoms with Gasteiger partial charge in [0.25, 0.3) is 0 Å². The van der Waals surface area contributed by atoms with E-state index in [1.54, 1.807) is 0 Å². The van der Waals surface area contributed by atoms with Crippen LogP contribution < -0.4 is 11.1 Å². The fraction of sp³-hybridized carbons (Fsp3) is 0.429. The number of aliphatic carboxylic acids is 1. The standard InChI is InChI=1S/C14H18F2N2O3S/c1-22-5-4-11(17)13(19)18-12(14(20)21)7-8-2-3-9(15)10(16)6-8/h2-3,6,11-12H,4-5,7,17H2,1H3,(H,18,19)(H,20,21). The third-order valence-electron chi connectivity index (χ3n) is 3.01. The molecule has 22 heavy (non-hydrogen) atoms. The molecule has 0 fully saturated rings. The quantitative estimate of drug-likeness (QED) is 0.664. The van der Waals surface area contributed by atoms with Crippen LogP contribution in [0.3, 0.4) is 0 Å². The number of hydrogen-bond donors (Lipinski definition) is 3. The highest BCUT2D eigenvalue weighted by Gasteiger charge is 2.23. The Hall–Kier alpha value is -1.67. The van der Waals surface area contributed by atoms with Gasteiger partial charge >= 0.3 is 5.97 Å². The Morgan fingerprint density at radius 2 is 2.05 bits per heavy atom. The van der Waals surface area contributed by atoms with Gasteiger partial charge in [-0.25, -0.2) is 13.6 Å². The number of amides is 1. The smallest absolute Gasteiger partial charge is 0.326 e. The SMILES string of the molecule is CSCCC(N)C(=O)NC(Cc1ccc(F)c(F)c1)C(=O)O. The lowest BCUT2D eigenvalue weighted by Crippen LogP contribution is -2.49. The number of thioether (sulfide) groups is 1. The highest BCUT2D eigenvalue weighted by molar-refractivity contribution is 7.98. The summed E-state index contributed by atoms with van der Waals surface area (Å²) in [6.45, 7) is 0. The van der Waals surface area contributed by atoms with Gasteiger partial charge in [-0.05, 0) is 36.1 Å². The van der Waals surface area contributed by atoms with Gasteiger partial charge in [0, 0.05) is 6.42 Å². The van der Waals surface area contributed by atoms with Gasteiger partial charge < -0.3 is 16.2 Å². The second-order valence-electron chi connectivity index (χ2n) is 4.74. The second kappa shape index (κ2) is 8.70. The van der Waals surface area contributed by atoms with Crippen LogP contribution in [0.4, 0.5) is 8.78 Å². The van der Waals surface area contributed by atoms with Crippen molar-refractivity contribution < 1.29 is 23.5 Å². The maximum Gasteiger partial charge on any atom is 0.326 e. The summed E-state index contributed by atoms with van der Waals surface area (Å²) in [5, 5.41) is 11.5. The van der Waals surface area contributed by atoms with E-state index >= 15 is 0 Å². The molecule has 1 aromatic rings. The van der Waals surface area contributed by atoms with Crippen LogP contribution in [0, 0.1) is 11.6 Å². The van der Waals surface area contributed by atoms with E-state index in [4.69, 9.17) is 10.8 Å². The third-order valence-corrected chi connectivity index (χ3v) is 3.65. The first-order valence-corrected chi connectivity index (χ1v) is 7.96. The molecule has 0 spiro atoms. The Balaban J connectivity index is 2.71. The molecule has 0 radical (unpaired) electrons. The number of carboxylic acid groups (broad SMARTS) is 1. The lowest BCUT2D eigenvalue weighted by Gasteiger charge is -2.18. The Morgan fingerprint density at radius 3 is 2.59 bits per heavy atom. The fourth-order valence-electron chi connectivity index (χ4n) is 1.76. The van der Waals surface area contributed by atoms with E-state index in [9.17, 15) is 18.4 Å². The van der Waals surface area contributed by atoms with E-state index in [1.807, 2.05) is 6.26 Å². The summed E-state index contributed by atoms with van der Waals surface area (Å²) >= 11 is 1.52. The third kappa shape index (κ3) is 5.61. The molecule has 0 heterocycles. The van der Waals surface area contributed by atoms with Crippen molar-refractivity contribution >= 4 is 23.6 Å². The minimum absolute atomic E-state index is 0.159. The van der Waals surface area contributed by atoms with Crippen LogP contribution in [0.15, 0.2) is 18.2 Å². The van der Waals surface area contributed by atoms with Gasteiger partial charge in [0.1, 0.15) is 6.04 Å². The topological polar surface area (TPSA) is 92.4 Å². The number of nitrogens with one attached hydrogen (secondary N) is 1. The predicted octanol–water partition coefficient (Wildman–Crippen LogP) is 1.16. The molecule has 0 aliphatic carbocycles. The molecule has 0 aromatic heterocycles. The summed E-state index contributed by atoms with van der Waals surface area (Å²) in [7, 11) is 0. The van der Waals surface area contributed by atoms with Crippen molar-refractivity contribution in [2.45, 2.75) is 24.9 Å². The molecular weight excluding hydrogens is 314 g/mol. The van der Waals surface area contributed by atoms with Crippen LogP contribution in [0.2, 0.25) is 0 Å². The molecule has 0 saturated heterocycles. The fourth-order valence-corrected chi connectivity index (χ4v) is 2.25. The maximum absolute atomic E-state index is 13.1. The van der Waals surface area contributed by atoms with Crippen molar-refractivity contribution in [2.75, 3.05) is 12.0 Å². The number of carboxylic acids is 1. The molecule has 0 aliphatic rings. The van der Waals surface area contributed by atoms with Crippen molar-refractivity contribution in [1.29, 1.82) is 0 Å². The molecule has 5 nitrogen and oxygen atoms in total. The van der Waals surface area contributed by atoms with Gasteiger partial charge in [-0.15, -0.1) is 0 Å². The van der Waals surface area contributed by atoms with Crippen molar-refractivity contribution in [3.63, 3.8) is 0 Å². The minimum atomic E-state index is -1.27. The molecule has 1 aromatic carbocycles. The van der Waals surface area contributed by atoms with E-state index in [2.05, 4.69) is 5.32 Å². The molecule has 0 saturated carbocycles. The van der Waals surface area contributed by atoms with Crippen LogP contribution in [0.1, 0.15) is 12.0 Å². The highest BCUT2D eigenvalue weighted by atomic mass is 32.2. The van der Waals surface area contributed by atoms with Gasteiger partial charge in [0.05, 0.1) is 6.04 Å². The van der Waals surface area contributed by atoms with E-state index in [0.29, 0.717) is 12.2 Å². The van der Waals surface area contributed by atoms with Gasteiger partial charge in [0.15, 0.2) is 11.6 Å². The molecule has 0 bridgehead atoms. The van der Waals surface area contributed by atoms with Crippen LogP contribution in [0.25, 0.3) is 0 Å². The monoisotopic (exact) mass is 332 g/mol. The normalized spacial score (nSPS) is 13.5. The van der Waals surface area contributed by atoms with Crippen molar-refractivity contribution in [1.82, 2.24) is 5.32 Å². The first kappa shape index (κ1) is 18.4. The summed E-state index contributed by atoms with van der Waals surface area (Å²) in [6, 6.07) is 1.03. The molecule has 2 atom stereocenters. The molecular formula is C14H18F2N2O3S.